The van der Waals surface area contributed by atoms with Gasteiger partial charge in [-0.3, -0.25) is 4.79 Å². The summed E-state index contributed by atoms with van der Waals surface area (Å²) in [7, 11) is 0. The van der Waals surface area contributed by atoms with Crippen molar-refractivity contribution in [2.75, 3.05) is 11.9 Å². The lowest BCUT2D eigenvalue weighted by molar-refractivity contribution is -0.115. The molecule has 1 aromatic rings. The smallest absolute Gasteiger partial charge is 0.315 e. The Balaban J connectivity index is 1.73. The van der Waals surface area contributed by atoms with Crippen LogP contribution in [0.5, 0.6) is 0 Å². The van der Waals surface area contributed by atoms with Crippen LogP contribution in [0.1, 0.15) is 32.1 Å². The summed E-state index contributed by atoms with van der Waals surface area (Å²) >= 11 is 11.7. The van der Waals surface area contributed by atoms with Crippen molar-refractivity contribution >= 4 is 40.8 Å². The minimum atomic E-state index is -0.336. The number of carbonyl (C=O) groups excluding carboxylic acids is 2. The number of carbonyl (C=O) groups is 2. The number of hydrogen-bond donors (Lipinski definition) is 3. The lowest BCUT2D eigenvalue weighted by Crippen LogP contribution is -2.45. The predicted molar refractivity (Wildman–Crippen MR) is 88.5 cm³/mol. The highest BCUT2D eigenvalue weighted by Crippen LogP contribution is 2.22. The van der Waals surface area contributed by atoms with Crippen LogP contribution < -0.4 is 16.0 Å². The molecule has 0 aromatic heterocycles. The molecule has 7 heteroatoms. The third-order valence-corrected chi connectivity index (χ3v) is 3.93. The van der Waals surface area contributed by atoms with Crippen molar-refractivity contribution in [3.8, 4) is 0 Å². The highest BCUT2D eigenvalue weighted by atomic mass is 35.5. The molecular formula is C15H19Cl2N3O2. The summed E-state index contributed by atoms with van der Waals surface area (Å²) in [5, 5.41) is 8.94. The van der Waals surface area contributed by atoms with Gasteiger partial charge in [0, 0.05) is 21.8 Å². The topological polar surface area (TPSA) is 70.2 Å². The molecule has 0 unspecified atom stereocenters. The molecule has 0 bridgehead atoms. The monoisotopic (exact) mass is 343 g/mol. The maximum Gasteiger partial charge on any atom is 0.315 e. The first-order chi connectivity index (χ1) is 10.5. The Morgan fingerprint density at radius 3 is 2.32 bits per heavy atom. The Morgan fingerprint density at radius 2 is 1.68 bits per heavy atom. The third-order valence-electron chi connectivity index (χ3n) is 3.50. The normalized spacial score (nSPS) is 15.2. The SMILES string of the molecule is O=C(CNC(=O)NC1CCCCC1)Nc1cc(Cl)cc(Cl)c1. The molecule has 3 amide bonds. The second kappa shape index (κ2) is 8.25. The molecule has 0 spiro atoms. The maximum absolute atomic E-state index is 11.8. The summed E-state index contributed by atoms with van der Waals surface area (Å²) in [6.45, 7) is -0.108. The fourth-order valence-corrected chi connectivity index (χ4v) is 3.00. The Bertz CT molecular complexity index is 525. The zero-order valence-electron chi connectivity index (χ0n) is 12.1. The van der Waals surface area contributed by atoms with E-state index in [4.69, 9.17) is 23.2 Å². The minimum Gasteiger partial charge on any atom is -0.335 e. The van der Waals surface area contributed by atoms with E-state index in [2.05, 4.69) is 16.0 Å². The van der Waals surface area contributed by atoms with Crippen LogP contribution in [0.2, 0.25) is 10.0 Å². The molecule has 0 heterocycles. The van der Waals surface area contributed by atoms with Gasteiger partial charge in [-0.1, -0.05) is 42.5 Å². The fourth-order valence-electron chi connectivity index (χ4n) is 2.48. The summed E-state index contributed by atoms with van der Waals surface area (Å²) < 4.78 is 0. The molecule has 22 heavy (non-hydrogen) atoms. The molecule has 120 valence electrons. The van der Waals surface area contributed by atoms with Gasteiger partial charge >= 0.3 is 6.03 Å². The third kappa shape index (κ3) is 5.73. The average molecular weight is 344 g/mol. The van der Waals surface area contributed by atoms with Crippen molar-refractivity contribution in [3.63, 3.8) is 0 Å². The Hall–Kier alpha value is -1.46. The van der Waals surface area contributed by atoms with Crippen molar-refractivity contribution in [2.45, 2.75) is 38.1 Å². The summed E-state index contributed by atoms with van der Waals surface area (Å²) in [6, 6.07) is 4.66. The second-order valence-corrected chi connectivity index (χ2v) is 6.24. The number of rotatable bonds is 4. The first-order valence-electron chi connectivity index (χ1n) is 7.33. The lowest BCUT2D eigenvalue weighted by atomic mass is 9.96. The van der Waals surface area contributed by atoms with Crippen molar-refractivity contribution in [1.29, 1.82) is 0 Å². The standard InChI is InChI=1S/C15H19Cl2N3O2/c16-10-6-11(17)8-13(7-10)19-14(21)9-18-15(22)20-12-4-2-1-3-5-12/h6-8,12H,1-5,9H2,(H,19,21)(H2,18,20,22). The van der Waals surface area contributed by atoms with Gasteiger partial charge in [-0.05, 0) is 31.0 Å². The molecule has 5 nitrogen and oxygen atoms in total. The Morgan fingerprint density at radius 1 is 1.05 bits per heavy atom. The quantitative estimate of drug-likeness (QED) is 0.782. The lowest BCUT2D eigenvalue weighted by Gasteiger charge is -2.22. The molecule has 2 rings (SSSR count). The molecule has 0 atom stereocenters. The summed E-state index contributed by atoms with van der Waals surface area (Å²) in [5.74, 6) is -0.336. The molecule has 1 aromatic carbocycles. The van der Waals surface area contributed by atoms with Gasteiger partial charge in [0.05, 0.1) is 6.54 Å². The van der Waals surface area contributed by atoms with Gasteiger partial charge in [0.1, 0.15) is 0 Å². The highest BCUT2D eigenvalue weighted by Gasteiger charge is 2.15. The van der Waals surface area contributed by atoms with Crippen molar-refractivity contribution in [2.24, 2.45) is 0 Å². The predicted octanol–water partition coefficient (Wildman–Crippen LogP) is 3.56. The number of nitrogens with one attached hydrogen (secondary N) is 3. The Kier molecular flexibility index (Phi) is 6.34. The molecule has 1 aliphatic rings. The van der Waals surface area contributed by atoms with Gasteiger partial charge in [0.15, 0.2) is 0 Å². The van der Waals surface area contributed by atoms with Gasteiger partial charge in [0.2, 0.25) is 5.91 Å². The van der Waals surface area contributed by atoms with Crippen LogP contribution in [0.25, 0.3) is 0 Å². The second-order valence-electron chi connectivity index (χ2n) is 5.37. The van der Waals surface area contributed by atoms with Gasteiger partial charge in [-0.2, -0.15) is 0 Å². The zero-order valence-corrected chi connectivity index (χ0v) is 13.6. The van der Waals surface area contributed by atoms with Crippen LogP contribution in [0.4, 0.5) is 10.5 Å². The van der Waals surface area contributed by atoms with Crippen molar-refractivity contribution in [3.05, 3.63) is 28.2 Å². The molecule has 0 saturated heterocycles. The van der Waals surface area contributed by atoms with Gasteiger partial charge in [0.25, 0.3) is 0 Å². The Labute approximate surface area is 139 Å². The molecular weight excluding hydrogens is 325 g/mol. The van der Waals surface area contributed by atoms with Gasteiger partial charge < -0.3 is 16.0 Å². The first-order valence-corrected chi connectivity index (χ1v) is 8.09. The van der Waals surface area contributed by atoms with E-state index >= 15 is 0 Å². The first kappa shape index (κ1) is 16.9. The largest absolute Gasteiger partial charge is 0.335 e. The van der Waals surface area contributed by atoms with E-state index in [0.29, 0.717) is 15.7 Å². The molecule has 1 saturated carbocycles. The van der Waals surface area contributed by atoms with E-state index in [1.54, 1.807) is 18.2 Å². The summed E-state index contributed by atoms with van der Waals surface area (Å²) in [4.78, 5) is 23.5. The fraction of sp³-hybridized carbons (Fsp3) is 0.467. The van der Waals surface area contributed by atoms with Crippen LogP contribution in [0.3, 0.4) is 0 Å². The van der Waals surface area contributed by atoms with Crippen LogP contribution >= 0.6 is 23.2 Å². The molecule has 0 radical (unpaired) electrons. The number of anilines is 1. The summed E-state index contributed by atoms with van der Waals surface area (Å²) in [6.07, 6.45) is 5.51. The average Bonchev–Trinajstić information content (AvgIpc) is 2.45. The number of halogens is 2. The van der Waals surface area contributed by atoms with E-state index < -0.39 is 0 Å². The van der Waals surface area contributed by atoms with E-state index in [-0.39, 0.29) is 24.5 Å². The molecule has 0 aliphatic heterocycles. The van der Waals surface area contributed by atoms with Crippen LogP contribution in [-0.4, -0.2) is 24.5 Å². The maximum atomic E-state index is 11.8. The highest BCUT2D eigenvalue weighted by molar-refractivity contribution is 6.35. The summed E-state index contributed by atoms with van der Waals surface area (Å²) in [5.41, 5.74) is 0.497. The van der Waals surface area contributed by atoms with E-state index in [1.807, 2.05) is 0 Å². The minimum absolute atomic E-state index is 0.108. The zero-order chi connectivity index (χ0) is 15.9. The van der Waals surface area contributed by atoms with Gasteiger partial charge in [-0.15, -0.1) is 0 Å². The van der Waals surface area contributed by atoms with Crippen LogP contribution in [0, 0.1) is 0 Å². The van der Waals surface area contributed by atoms with E-state index in [9.17, 15) is 9.59 Å². The van der Waals surface area contributed by atoms with Gasteiger partial charge in [-0.25, -0.2) is 4.79 Å². The van der Waals surface area contributed by atoms with Crippen molar-refractivity contribution < 1.29 is 9.59 Å². The van der Waals surface area contributed by atoms with E-state index in [0.717, 1.165) is 25.7 Å². The number of benzene rings is 1. The number of urea groups is 1. The van der Waals surface area contributed by atoms with Crippen molar-refractivity contribution in [1.82, 2.24) is 10.6 Å². The molecule has 1 fully saturated rings. The van der Waals surface area contributed by atoms with E-state index in [1.165, 1.54) is 6.42 Å². The van der Waals surface area contributed by atoms with Crippen LogP contribution in [0.15, 0.2) is 18.2 Å². The molecule has 1 aliphatic carbocycles. The molecule has 3 N–H and O–H groups in total. The number of hydrogen-bond acceptors (Lipinski definition) is 2. The van der Waals surface area contributed by atoms with Crippen LogP contribution in [-0.2, 0) is 4.79 Å². The number of amides is 3.